The second kappa shape index (κ2) is 3.49. The van der Waals surface area contributed by atoms with Gasteiger partial charge in [-0.15, -0.1) is 0 Å². The second-order valence-electron chi connectivity index (χ2n) is 2.71. The Labute approximate surface area is 79.3 Å². The zero-order valence-electron chi connectivity index (χ0n) is 7.11. The minimum absolute atomic E-state index is 0.201. The van der Waals surface area contributed by atoms with E-state index >= 15 is 0 Å². The van der Waals surface area contributed by atoms with E-state index in [0.717, 1.165) is 6.20 Å². The molecule has 0 aliphatic rings. The lowest BCUT2D eigenvalue weighted by Crippen LogP contribution is -1.95. The van der Waals surface area contributed by atoms with Crippen LogP contribution >= 0.6 is 0 Å². The Hall–Kier alpha value is -1.84. The smallest absolute Gasteiger partial charge is 0.210 e. The lowest BCUT2D eigenvalue weighted by Gasteiger charge is -2.00. The summed E-state index contributed by atoms with van der Waals surface area (Å²) in [5.41, 5.74) is 0.831. The van der Waals surface area contributed by atoms with Crippen molar-refractivity contribution in [3.05, 3.63) is 48.6 Å². The third-order valence-corrected chi connectivity index (χ3v) is 1.80. The summed E-state index contributed by atoms with van der Waals surface area (Å²) in [7, 11) is 0. The molecule has 1 aromatic carbocycles. The SMILES string of the molecule is Fc1ncc(-c2ccccc2)c(F)n1. The van der Waals surface area contributed by atoms with E-state index in [2.05, 4.69) is 9.97 Å². The largest absolute Gasteiger partial charge is 0.311 e. The number of hydrogen-bond donors (Lipinski definition) is 0. The zero-order chi connectivity index (χ0) is 9.97. The van der Waals surface area contributed by atoms with Crippen LogP contribution in [-0.4, -0.2) is 9.97 Å². The molecule has 0 fully saturated rings. The molecule has 0 amide bonds. The van der Waals surface area contributed by atoms with Gasteiger partial charge in [-0.25, -0.2) is 4.98 Å². The first-order chi connectivity index (χ1) is 6.77. The Morgan fingerprint density at radius 1 is 1.00 bits per heavy atom. The number of nitrogens with zero attached hydrogens (tertiary/aromatic N) is 2. The van der Waals surface area contributed by atoms with E-state index in [1.54, 1.807) is 24.3 Å². The first kappa shape index (κ1) is 8.74. The molecule has 1 aromatic heterocycles. The molecule has 2 nitrogen and oxygen atoms in total. The van der Waals surface area contributed by atoms with Crippen LogP contribution in [0.3, 0.4) is 0 Å². The third kappa shape index (κ3) is 1.59. The van der Waals surface area contributed by atoms with E-state index in [-0.39, 0.29) is 5.56 Å². The molecule has 0 radical (unpaired) electrons. The molecule has 0 spiro atoms. The first-order valence-corrected chi connectivity index (χ1v) is 4.01. The standard InChI is InChI=1S/C10H6F2N2/c11-9-8(6-13-10(12)14-9)7-4-2-1-3-5-7/h1-6H. The van der Waals surface area contributed by atoms with Crippen molar-refractivity contribution in [1.29, 1.82) is 0 Å². The minimum atomic E-state index is -1.05. The van der Waals surface area contributed by atoms with Gasteiger partial charge in [0.2, 0.25) is 5.95 Å². The molecule has 1 heterocycles. The quantitative estimate of drug-likeness (QED) is 0.512. The maximum atomic E-state index is 13.1. The van der Waals surface area contributed by atoms with E-state index < -0.39 is 12.0 Å². The maximum absolute atomic E-state index is 13.1. The predicted molar refractivity (Wildman–Crippen MR) is 47.4 cm³/mol. The number of halogens is 2. The summed E-state index contributed by atoms with van der Waals surface area (Å²) in [6.07, 6.45) is 0.0784. The van der Waals surface area contributed by atoms with Crippen molar-refractivity contribution in [3.8, 4) is 11.1 Å². The molecule has 4 heteroatoms. The van der Waals surface area contributed by atoms with Gasteiger partial charge in [0.15, 0.2) is 0 Å². The summed E-state index contributed by atoms with van der Waals surface area (Å²) in [5, 5.41) is 0. The molecule has 2 aromatic rings. The van der Waals surface area contributed by atoms with Crippen LogP contribution in [0.25, 0.3) is 11.1 Å². The summed E-state index contributed by atoms with van der Waals surface area (Å²) in [6.45, 7) is 0. The van der Waals surface area contributed by atoms with E-state index in [9.17, 15) is 8.78 Å². The fraction of sp³-hybridized carbons (Fsp3) is 0. The number of benzene rings is 1. The van der Waals surface area contributed by atoms with Gasteiger partial charge in [-0.1, -0.05) is 30.3 Å². The highest BCUT2D eigenvalue weighted by Gasteiger charge is 2.07. The van der Waals surface area contributed by atoms with Crippen molar-refractivity contribution in [1.82, 2.24) is 9.97 Å². The topological polar surface area (TPSA) is 25.8 Å². The molecule has 0 N–H and O–H groups in total. The van der Waals surface area contributed by atoms with Gasteiger partial charge < -0.3 is 0 Å². The lowest BCUT2D eigenvalue weighted by atomic mass is 10.1. The summed E-state index contributed by atoms with van der Waals surface area (Å²) >= 11 is 0. The molecule has 0 bridgehead atoms. The molecular formula is C10H6F2N2. The molecule has 0 atom stereocenters. The number of rotatable bonds is 1. The first-order valence-electron chi connectivity index (χ1n) is 4.01. The summed E-state index contributed by atoms with van der Waals surface area (Å²) in [4.78, 5) is 6.30. The molecule has 14 heavy (non-hydrogen) atoms. The van der Waals surface area contributed by atoms with Gasteiger partial charge in [0.05, 0.1) is 5.56 Å². The summed E-state index contributed by atoms with van der Waals surface area (Å²) in [6, 6.07) is 8.75. The van der Waals surface area contributed by atoms with E-state index in [1.165, 1.54) is 0 Å². The Balaban J connectivity index is 2.53. The van der Waals surface area contributed by atoms with Crippen LogP contribution in [-0.2, 0) is 0 Å². The Morgan fingerprint density at radius 3 is 2.36 bits per heavy atom. The molecular weight excluding hydrogens is 186 g/mol. The molecule has 2 rings (SSSR count). The van der Waals surface area contributed by atoms with Crippen LogP contribution in [0.15, 0.2) is 36.5 Å². The van der Waals surface area contributed by atoms with Crippen molar-refractivity contribution in [3.63, 3.8) is 0 Å². The number of aromatic nitrogens is 2. The van der Waals surface area contributed by atoms with Crippen molar-refractivity contribution in [2.24, 2.45) is 0 Å². The van der Waals surface area contributed by atoms with Gasteiger partial charge in [0, 0.05) is 6.20 Å². The molecule has 0 unspecified atom stereocenters. The van der Waals surface area contributed by atoms with Gasteiger partial charge >= 0.3 is 6.08 Å². The molecule has 0 saturated carbocycles. The average molecular weight is 192 g/mol. The Morgan fingerprint density at radius 2 is 1.71 bits per heavy atom. The van der Waals surface area contributed by atoms with E-state index in [1.807, 2.05) is 6.07 Å². The van der Waals surface area contributed by atoms with Crippen LogP contribution in [0.5, 0.6) is 0 Å². The summed E-state index contributed by atoms with van der Waals surface area (Å²) in [5.74, 6) is -0.844. The predicted octanol–water partition coefficient (Wildman–Crippen LogP) is 2.42. The van der Waals surface area contributed by atoms with Crippen LogP contribution in [0, 0.1) is 12.0 Å². The minimum Gasteiger partial charge on any atom is -0.210 e. The van der Waals surface area contributed by atoms with Crippen molar-refractivity contribution in [2.45, 2.75) is 0 Å². The average Bonchev–Trinajstić information content (AvgIpc) is 2.19. The maximum Gasteiger partial charge on any atom is 0.311 e. The molecule has 0 aliphatic heterocycles. The van der Waals surface area contributed by atoms with Crippen molar-refractivity contribution in [2.75, 3.05) is 0 Å². The molecule has 70 valence electrons. The van der Waals surface area contributed by atoms with E-state index in [4.69, 9.17) is 0 Å². The fourth-order valence-corrected chi connectivity index (χ4v) is 1.15. The highest BCUT2D eigenvalue weighted by Crippen LogP contribution is 2.19. The molecule has 0 saturated heterocycles. The second-order valence-corrected chi connectivity index (χ2v) is 2.71. The fourth-order valence-electron chi connectivity index (χ4n) is 1.15. The monoisotopic (exact) mass is 192 g/mol. The van der Waals surface area contributed by atoms with Crippen LogP contribution in [0.1, 0.15) is 0 Å². The van der Waals surface area contributed by atoms with Gasteiger partial charge in [-0.05, 0) is 5.56 Å². The van der Waals surface area contributed by atoms with E-state index in [0.29, 0.717) is 5.56 Å². The van der Waals surface area contributed by atoms with Gasteiger partial charge in [0.25, 0.3) is 0 Å². The van der Waals surface area contributed by atoms with Crippen LogP contribution in [0.4, 0.5) is 8.78 Å². The van der Waals surface area contributed by atoms with Crippen LogP contribution < -0.4 is 0 Å². The zero-order valence-corrected chi connectivity index (χ0v) is 7.11. The van der Waals surface area contributed by atoms with Crippen molar-refractivity contribution < 1.29 is 8.78 Å². The number of hydrogen-bond acceptors (Lipinski definition) is 2. The van der Waals surface area contributed by atoms with Gasteiger partial charge in [0.1, 0.15) is 0 Å². The Kier molecular flexibility index (Phi) is 2.18. The molecule has 0 aliphatic carbocycles. The van der Waals surface area contributed by atoms with Gasteiger partial charge in [-0.2, -0.15) is 13.8 Å². The highest BCUT2D eigenvalue weighted by molar-refractivity contribution is 5.61. The lowest BCUT2D eigenvalue weighted by molar-refractivity contribution is 0.485. The normalized spacial score (nSPS) is 10.1. The van der Waals surface area contributed by atoms with Crippen LogP contribution in [0.2, 0.25) is 0 Å². The Bertz CT molecular complexity index is 443. The van der Waals surface area contributed by atoms with Crippen molar-refractivity contribution >= 4 is 0 Å². The highest BCUT2D eigenvalue weighted by atomic mass is 19.1. The summed E-state index contributed by atoms with van der Waals surface area (Å²) < 4.78 is 25.5. The van der Waals surface area contributed by atoms with Gasteiger partial charge in [-0.3, -0.25) is 0 Å². The third-order valence-electron chi connectivity index (χ3n) is 1.80.